The SMILES string of the molecule is CCCCOc1ccc2c(c1F)C(=O)N(CC1CCC(C(C)Oc3cccc(O)c3)CC1)C2. The topological polar surface area (TPSA) is 59.0 Å². The molecule has 0 spiro atoms. The number of nitrogens with zero attached hydrogens (tertiary/aromatic N) is 1. The van der Waals surface area contributed by atoms with E-state index in [-0.39, 0.29) is 29.1 Å². The van der Waals surface area contributed by atoms with E-state index < -0.39 is 5.82 Å². The van der Waals surface area contributed by atoms with Gasteiger partial charge < -0.3 is 19.5 Å². The highest BCUT2D eigenvalue weighted by Gasteiger charge is 2.35. The van der Waals surface area contributed by atoms with Crippen LogP contribution in [-0.4, -0.2) is 35.2 Å². The molecular weight excluding hydrogens is 421 g/mol. The predicted octanol–water partition coefficient (Wildman–Crippen LogP) is 5.94. The molecular formula is C27H34FNO4. The summed E-state index contributed by atoms with van der Waals surface area (Å²) in [6, 6.07) is 10.4. The lowest BCUT2D eigenvalue weighted by Crippen LogP contribution is -2.34. The molecule has 6 heteroatoms. The van der Waals surface area contributed by atoms with Crippen molar-refractivity contribution in [2.24, 2.45) is 11.8 Å². The number of unbranched alkanes of at least 4 members (excludes halogenated alkanes) is 1. The minimum absolute atomic E-state index is 0.0608. The number of hydrogen-bond donors (Lipinski definition) is 1. The maximum atomic E-state index is 14.9. The summed E-state index contributed by atoms with van der Waals surface area (Å²) in [6.07, 6.45) is 6.00. The standard InChI is InChI=1S/C27H34FNO4/c1-3-4-14-32-24-13-12-21-17-29(27(31)25(21)26(24)28)16-19-8-10-20(11-9-19)18(2)33-23-7-5-6-22(30)15-23/h5-7,12-13,15,18-20,30H,3-4,8-11,14,16-17H2,1-2H3. The van der Waals surface area contributed by atoms with Gasteiger partial charge in [-0.15, -0.1) is 0 Å². The lowest BCUT2D eigenvalue weighted by Gasteiger charge is -2.34. The highest BCUT2D eigenvalue weighted by molar-refractivity contribution is 5.99. The van der Waals surface area contributed by atoms with E-state index in [0.717, 1.165) is 44.1 Å². The van der Waals surface area contributed by atoms with Gasteiger partial charge in [0.15, 0.2) is 11.6 Å². The van der Waals surface area contributed by atoms with Crippen LogP contribution in [0.15, 0.2) is 36.4 Å². The third-order valence-corrected chi connectivity index (χ3v) is 6.98. The van der Waals surface area contributed by atoms with E-state index >= 15 is 0 Å². The lowest BCUT2D eigenvalue weighted by atomic mass is 9.79. The molecule has 1 atom stereocenters. The van der Waals surface area contributed by atoms with Gasteiger partial charge in [0, 0.05) is 19.2 Å². The van der Waals surface area contributed by atoms with E-state index in [4.69, 9.17) is 9.47 Å². The number of aromatic hydroxyl groups is 1. The third-order valence-electron chi connectivity index (χ3n) is 6.98. The minimum atomic E-state index is -0.516. The number of phenolic OH excluding ortho intramolecular Hbond substituents is 1. The van der Waals surface area contributed by atoms with Gasteiger partial charge in [-0.2, -0.15) is 0 Å². The van der Waals surface area contributed by atoms with Crippen LogP contribution in [-0.2, 0) is 6.54 Å². The lowest BCUT2D eigenvalue weighted by molar-refractivity contribution is 0.0682. The Balaban J connectivity index is 1.29. The molecule has 1 heterocycles. The minimum Gasteiger partial charge on any atom is -0.508 e. The third kappa shape index (κ3) is 5.43. The molecule has 0 aromatic heterocycles. The summed E-state index contributed by atoms with van der Waals surface area (Å²) < 4.78 is 26.5. The van der Waals surface area contributed by atoms with E-state index in [2.05, 4.69) is 13.8 Å². The van der Waals surface area contributed by atoms with Gasteiger partial charge in [0.1, 0.15) is 11.5 Å². The second kappa shape index (κ2) is 10.4. The molecule has 2 aromatic carbocycles. The van der Waals surface area contributed by atoms with Crippen molar-refractivity contribution in [2.45, 2.75) is 65.0 Å². The van der Waals surface area contributed by atoms with Crippen LogP contribution in [0.2, 0.25) is 0 Å². The number of hydrogen-bond acceptors (Lipinski definition) is 4. The first-order chi connectivity index (χ1) is 16.0. The first-order valence-corrected chi connectivity index (χ1v) is 12.2. The maximum Gasteiger partial charge on any atom is 0.257 e. The molecule has 33 heavy (non-hydrogen) atoms. The van der Waals surface area contributed by atoms with Crippen LogP contribution >= 0.6 is 0 Å². The van der Waals surface area contributed by atoms with E-state index in [1.54, 1.807) is 29.2 Å². The van der Waals surface area contributed by atoms with Crippen molar-refractivity contribution in [3.8, 4) is 17.2 Å². The Bertz CT molecular complexity index is 971. The molecule has 1 aliphatic carbocycles. The summed E-state index contributed by atoms with van der Waals surface area (Å²) in [5.74, 6) is 1.19. The Hall–Kier alpha value is -2.76. The summed E-state index contributed by atoms with van der Waals surface area (Å²) in [4.78, 5) is 14.8. The Labute approximate surface area is 195 Å². The van der Waals surface area contributed by atoms with Crippen LogP contribution in [0, 0.1) is 17.7 Å². The van der Waals surface area contributed by atoms with Crippen molar-refractivity contribution in [3.63, 3.8) is 0 Å². The van der Waals surface area contributed by atoms with Gasteiger partial charge in [-0.3, -0.25) is 4.79 Å². The molecule has 1 unspecified atom stereocenters. The highest BCUT2D eigenvalue weighted by atomic mass is 19.1. The monoisotopic (exact) mass is 455 g/mol. The van der Waals surface area contributed by atoms with Crippen molar-refractivity contribution in [3.05, 3.63) is 53.3 Å². The van der Waals surface area contributed by atoms with Crippen molar-refractivity contribution in [1.29, 1.82) is 0 Å². The van der Waals surface area contributed by atoms with Gasteiger partial charge in [0.25, 0.3) is 5.91 Å². The Morgan fingerprint density at radius 1 is 1.18 bits per heavy atom. The first kappa shape index (κ1) is 23.4. The van der Waals surface area contributed by atoms with Gasteiger partial charge in [0.2, 0.25) is 0 Å². The van der Waals surface area contributed by atoms with E-state index in [1.165, 1.54) is 0 Å². The first-order valence-electron chi connectivity index (χ1n) is 12.2. The molecule has 1 fully saturated rings. The van der Waals surface area contributed by atoms with Gasteiger partial charge in [0.05, 0.1) is 18.3 Å². The van der Waals surface area contributed by atoms with E-state index in [1.807, 2.05) is 12.1 Å². The van der Waals surface area contributed by atoms with Crippen LogP contribution in [0.1, 0.15) is 68.3 Å². The summed E-state index contributed by atoms with van der Waals surface area (Å²) in [6.45, 7) is 5.73. The fourth-order valence-corrected chi connectivity index (χ4v) is 5.00. The van der Waals surface area contributed by atoms with Crippen molar-refractivity contribution in [1.82, 2.24) is 4.90 Å². The molecule has 2 aliphatic rings. The molecule has 1 saturated carbocycles. The van der Waals surface area contributed by atoms with Crippen molar-refractivity contribution in [2.75, 3.05) is 13.2 Å². The quantitative estimate of drug-likeness (QED) is 0.476. The number of carbonyl (C=O) groups is 1. The van der Waals surface area contributed by atoms with Crippen molar-refractivity contribution < 1.29 is 23.8 Å². The van der Waals surface area contributed by atoms with Crippen LogP contribution in [0.4, 0.5) is 4.39 Å². The van der Waals surface area contributed by atoms with E-state index in [9.17, 15) is 14.3 Å². The number of halogens is 1. The molecule has 2 aromatic rings. The molecule has 0 bridgehead atoms. The summed E-state index contributed by atoms with van der Waals surface area (Å²) in [5.41, 5.74) is 0.938. The van der Waals surface area contributed by atoms with E-state index in [0.29, 0.717) is 37.3 Å². The smallest absolute Gasteiger partial charge is 0.257 e. The van der Waals surface area contributed by atoms with Gasteiger partial charge in [-0.25, -0.2) is 4.39 Å². The molecule has 1 N–H and O–H groups in total. The van der Waals surface area contributed by atoms with Crippen LogP contribution < -0.4 is 9.47 Å². The zero-order valence-corrected chi connectivity index (χ0v) is 19.6. The fraction of sp³-hybridized carbons (Fsp3) is 0.519. The Kier molecular flexibility index (Phi) is 7.41. The maximum absolute atomic E-state index is 14.9. The van der Waals surface area contributed by atoms with Crippen LogP contribution in [0.5, 0.6) is 17.2 Å². The van der Waals surface area contributed by atoms with Crippen molar-refractivity contribution >= 4 is 5.91 Å². The zero-order valence-electron chi connectivity index (χ0n) is 19.6. The number of rotatable bonds is 9. The number of carbonyl (C=O) groups excluding carboxylic acids is 1. The Morgan fingerprint density at radius 3 is 2.70 bits per heavy atom. The number of ether oxygens (including phenoxy) is 2. The van der Waals surface area contributed by atoms with Gasteiger partial charge >= 0.3 is 0 Å². The summed E-state index contributed by atoms with van der Waals surface area (Å²) in [5, 5.41) is 9.63. The molecule has 0 radical (unpaired) electrons. The normalized spacial score (nSPS) is 21.1. The van der Waals surface area contributed by atoms with Crippen LogP contribution in [0.3, 0.4) is 0 Å². The number of benzene rings is 2. The number of phenols is 1. The second-order valence-electron chi connectivity index (χ2n) is 9.40. The summed E-state index contributed by atoms with van der Waals surface area (Å²) in [7, 11) is 0. The average Bonchev–Trinajstić information content (AvgIpc) is 3.11. The molecule has 1 aliphatic heterocycles. The highest BCUT2D eigenvalue weighted by Crippen LogP contribution is 2.36. The second-order valence-corrected chi connectivity index (χ2v) is 9.40. The molecule has 0 saturated heterocycles. The number of amides is 1. The zero-order chi connectivity index (χ0) is 23.4. The fourth-order valence-electron chi connectivity index (χ4n) is 5.00. The molecule has 178 valence electrons. The van der Waals surface area contributed by atoms with Gasteiger partial charge in [-0.05, 0) is 74.6 Å². The Morgan fingerprint density at radius 2 is 1.97 bits per heavy atom. The number of fused-ring (bicyclic) bond motifs is 1. The molecule has 4 rings (SSSR count). The molecule has 5 nitrogen and oxygen atoms in total. The average molecular weight is 456 g/mol. The van der Waals surface area contributed by atoms with Gasteiger partial charge in [-0.1, -0.05) is 25.5 Å². The largest absolute Gasteiger partial charge is 0.508 e. The van der Waals surface area contributed by atoms with Crippen LogP contribution in [0.25, 0.3) is 0 Å². The molecule has 1 amide bonds. The summed E-state index contributed by atoms with van der Waals surface area (Å²) >= 11 is 0. The predicted molar refractivity (Wildman–Crippen MR) is 125 cm³/mol.